The third kappa shape index (κ3) is 5.72. The number of amides is 1. The summed E-state index contributed by atoms with van der Waals surface area (Å²) in [6.45, 7) is 0.879. The molecule has 0 bridgehead atoms. The lowest BCUT2D eigenvalue weighted by Gasteiger charge is -2.11. The Labute approximate surface area is 215 Å². The second-order valence-corrected chi connectivity index (χ2v) is 8.43. The molecule has 0 saturated carbocycles. The first-order valence-electron chi connectivity index (χ1n) is 11.9. The zero-order valence-electron chi connectivity index (χ0n) is 20.1. The summed E-state index contributed by atoms with van der Waals surface area (Å²) in [6, 6.07) is 35.2. The van der Waals surface area contributed by atoms with E-state index in [-0.39, 0.29) is 5.76 Å². The summed E-state index contributed by atoms with van der Waals surface area (Å²) in [5.74, 6) is 6.43. The van der Waals surface area contributed by atoms with Crippen LogP contribution in [0.15, 0.2) is 120 Å². The van der Waals surface area contributed by atoms with Gasteiger partial charge in [0, 0.05) is 11.1 Å². The number of ether oxygens (including phenoxy) is 2. The lowest BCUT2D eigenvalue weighted by Crippen LogP contribution is -2.30. The van der Waals surface area contributed by atoms with E-state index in [2.05, 4.69) is 5.43 Å². The molecule has 0 aliphatic rings. The molecule has 1 heterocycles. The summed E-state index contributed by atoms with van der Waals surface area (Å²) in [5, 5.41) is 0. The van der Waals surface area contributed by atoms with Crippen LogP contribution in [-0.4, -0.2) is 5.91 Å². The van der Waals surface area contributed by atoms with Gasteiger partial charge >= 0.3 is 5.91 Å². The molecule has 5 aromatic rings. The van der Waals surface area contributed by atoms with Crippen LogP contribution in [0.4, 0.5) is 0 Å². The van der Waals surface area contributed by atoms with Crippen molar-refractivity contribution in [3.05, 3.63) is 132 Å². The van der Waals surface area contributed by atoms with Crippen molar-refractivity contribution >= 4 is 5.91 Å². The third-order valence-electron chi connectivity index (χ3n) is 5.89. The lowest BCUT2D eigenvalue weighted by atomic mass is 9.96. The number of carbonyl (C=O) groups excluding carboxylic acids is 1. The van der Waals surface area contributed by atoms with E-state index in [1.807, 2.05) is 109 Å². The number of nitrogens with one attached hydrogen (secondary N) is 1. The molecule has 0 atom stereocenters. The summed E-state index contributed by atoms with van der Waals surface area (Å²) in [7, 11) is 0. The molecular weight excluding hydrogens is 464 g/mol. The number of hydrazine groups is 1. The van der Waals surface area contributed by atoms with E-state index in [1.54, 1.807) is 6.26 Å². The van der Waals surface area contributed by atoms with Gasteiger partial charge in [-0.3, -0.25) is 10.2 Å². The molecule has 4 aromatic carbocycles. The van der Waals surface area contributed by atoms with E-state index in [1.165, 1.54) is 0 Å². The Bertz CT molecular complexity index is 1480. The second-order valence-electron chi connectivity index (χ2n) is 8.43. The van der Waals surface area contributed by atoms with Crippen molar-refractivity contribution in [2.75, 3.05) is 0 Å². The number of nitrogens with two attached hydrogens (primary N) is 1. The Morgan fingerprint density at radius 3 is 1.81 bits per heavy atom. The van der Waals surface area contributed by atoms with Gasteiger partial charge in [0.15, 0.2) is 0 Å². The van der Waals surface area contributed by atoms with E-state index < -0.39 is 5.91 Å². The summed E-state index contributed by atoms with van der Waals surface area (Å²) >= 11 is 0. The predicted molar refractivity (Wildman–Crippen MR) is 143 cm³/mol. The Balaban J connectivity index is 1.46. The van der Waals surface area contributed by atoms with Crippen LogP contribution in [-0.2, 0) is 13.2 Å². The quantitative estimate of drug-likeness (QED) is 0.142. The number of furan rings is 1. The van der Waals surface area contributed by atoms with Crippen LogP contribution >= 0.6 is 0 Å². The first-order valence-corrected chi connectivity index (χ1v) is 11.9. The first-order chi connectivity index (χ1) is 18.2. The molecule has 0 fully saturated rings. The van der Waals surface area contributed by atoms with Crippen LogP contribution in [0.3, 0.4) is 0 Å². The Morgan fingerprint density at radius 2 is 1.24 bits per heavy atom. The average Bonchev–Trinajstić information content (AvgIpc) is 3.41. The van der Waals surface area contributed by atoms with Crippen LogP contribution in [0.5, 0.6) is 11.5 Å². The Morgan fingerprint density at radius 1 is 0.703 bits per heavy atom. The molecule has 37 heavy (non-hydrogen) atoms. The summed E-state index contributed by atoms with van der Waals surface area (Å²) in [5.41, 5.74) is 7.29. The smallest absolute Gasteiger partial charge is 0.301 e. The molecule has 1 amide bonds. The number of hydrogen-bond donors (Lipinski definition) is 2. The van der Waals surface area contributed by atoms with E-state index in [0.29, 0.717) is 30.3 Å². The fourth-order valence-corrected chi connectivity index (χ4v) is 4.07. The Hall–Kier alpha value is -4.81. The maximum Gasteiger partial charge on any atom is 0.301 e. The van der Waals surface area contributed by atoms with Gasteiger partial charge in [-0.15, -0.1) is 0 Å². The zero-order chi connectivity index (χ0) is 25.5. The summed E-state index contributed by atoms with van der Waals surface area (Å²) in [6.07, 6.45) is 1.56. The SMILES string of the molecule is NNC(=O)c1occ(-c2cccc(OCc3ccccc3)c2)c1-c1cccc(OCc2ccccc2)c1. The van der Waals surface area contributed by atoms with Gasteiger partial charge in [0.05, 0.1) is 6.26 Å². The highest BCUT2D eigenvalue weighted by molar-refractivity contribution is 6.02. The minimum atomic E-state index is -0.520. The Kier molecular flexibility index (Phi) is 7.29. The van der Waals surface area contributed by atoms with Gasteiger partial charge in [-0.2, -0.15) is 0 Å². The number of benzene rings is 4. The molecule has 3 N–H and O–H groups in total. The van der Waals surface area contributed by atoms with Crippen molar-refractivity contribution in [1.82, 2.24) is 5.43 Å². The molecule has 5 rings (SSSR count). The van der Waals surface area contributed by atoms with E-state index in [9.17, 15) is 4.79 Å². The molecule has 0 unspecified atom stereocenters. The van der Waals surface area contributed by atoms with Crippen LogP contribution in [0.25, 0.3) is 22.3 Å². The number of rotatable bonds is 9. The lowest BCUT2D eigenvalue weighted by molar-refractivity contribution is 0.0927. The molecule has 6 heteroatoms. The number of hydrogen-bond acceptors (Lipinski definition) is 5. The van der Waals surface area contributed by atoms with Crippen molar-refractivity contribution in [2.24, 2.45) is 5.84 Å². The summed E-state index contributed by atoms with van der Waals surface area (Å²) in [4.78, 5) is 12.6. The third-order valence-corrected chi connectivity index (χ3v) is 5.89. The minimum absolute atomic E-state index is 0.119. The van der Waals surface area contributed by atoms with E-state index in [0.717, 1.165) is 27.8 Å². The van der Waals surface area contributed by atoms with Gasteiger partial charge in [0.1, 0.15) is 24.7 Å². The van der Waals surface area contributed by atoms with Gasteiger partial charge in [-0.1, -0.05) is 84.9 Å². The van der Waals surface area contributed by atoms with Crippen LogP contribution < -0.4 is 20.7 Å². The van der Waals surface area contributed by atoms with Gasteiger partial charge in [-0.05, 0) is 46.5 Å². The maximum atomic E-state index is 12.6. The highest BCUT2D eigenvalue weighted by Gasteiger charge is 2.23. The minimum Gasteiger partial charge on any atom is -0.489 e. The average molecular weight is 491 g/mol. The van der Waals surface area contributed by atoms with Crippen molar-refractivity contribution in [3.63, 3.8) is 0 Å². The molecule has 6 nitrogen and oxygen atoms in total. The molecule has 0 aliphatic heterocycles. The standard InChI is InChI=1S/C31H26N2O4/c32-33-31(34)30-29(25-14-8-16-27(18-25)36-20-23-11-5-2-6-12-23)28(21-37-30)24-13-7-15-26(17-24)35-19-22-9-3-1-4-10-22/h1-18,21H,19-20,32H2,(H,33,34). The highest BCUT2D eigenvalue weighted by Crippen LogP contribution is 2.39. The topological polar surface area (TPSA) is 86.7 Å². The number of nitrogen functional groups attached to an aromatic ring is 1. The van der Waals surface area contributed by atoms with E-state index >= 15 is 0 Å². The second kappa shape index (κ2) is 11.3. The monoisotopic (exact) mass is 490 g/mol. The van der Waals surface area contributed by atoms with Crippen molar-refractivity contribution in [2.45, 2.75) is 13.2 Å². The van der Waals surface area contributed by atoms with Gasteiger partial charge in [0.25, 0.3) is 0 Å². The maximum absolute atomic E-state index is 12.6. The molecule has 0 spiro atoms. The molecule has 0 aliphatic carbocycles. The van der Waals surface area contributed by atoms with Gasteiger partial charge in [0.2, 0.25) is 5.76 Å². The molecule has 0 radical (unpaired) electrons. The van der Waals surface area contributed by atoms with Crippen molar-refractivity contribution < 1.29 is 18.7 Å². The van der Waals surface area contributed by atoms with Crippen molar-refractivity contribution in [1.29, 1.82) is 0 Å². The molecule has 184 valence electrons. The molecule has 1 aromatic heterocycles. The van der Waals surface area contributed by atoms with Crippen molar-refractivity contribution in [3.8, 4) is 33.8 Å². The van der Waals surface area contributed by atoms with Gasteiger partial charge in [-0.25, -0.2) is 5.84 Å². The fourth-order valence-electron chi connectivity index (χ4n) is 4.07. The summed E-state index contributed by atoms with van der Waals surface area (Å²) < 4.78 is 17.8. The normalized spacial score (nSPS) is 10.6. The van der Waals surface area contributed by atoms with Crippen LogP contribution in [0.2, 0.25) is 0 Å². The first kappa shape index (κ1) is 23.9. The zero-order valence-corrected chi connectivity index (χ0v) is 20.1. The largest absolute Gasteiger partial charge is 0.489 e. The predicted octanol–water partition coefficient (Wildman–Crippen LogP) is 6.38. The van der Waals surface area contributed by atoms with Crippen LogP contribution in [0.1, 0.15) is 21.7 Å². The fraction of sp³-hybridized carbons (Fsp3) is 0.0645. The molecular formula is C31H26N2O4. The van der Waals surface area contributed by atoms with Crippen LogP contribution in [0, 0.1) is 0 Å². The molecule has 0 saturated heterocycles. The van der Waals surface area contributed by atoms with E-state index in [4.69, 9.17) is 19.7 Å². The van der Waals surface area contributed by atoms with Gasteiger partial charge < -0.3 is 13.9 Å². The number of carbonyl (C=O) groups is 1. The highest BCUT2D eigenvalue weighted by atomic mass is 16.5.